The molecule has 1 aromatic carbocycles. The Morgan fingerprint density at radius 2 is 2.00 bits per heavy atom. The van der Waals surface area contributed by atoms with Crippen LogP contribution >= 0.6 is 0 Å². The van der Waals surface area contributed by atoms with Gasteiger partial charge in [-0.2, -0.15) is 0 Å². The molecule has 4 N–H and O–H groups in total. The fourth-order valence-corrected chi connectivity index (χ4v) is 1.62. The quantitative estimate of drug-likeness (QED) is 0.584. The standard InChI is InChI=1S/C13H17NO5/c1-2-3-6-9(13(18)19)14-12(17)8-5-4-7-10(15)11(8)16/h4-5,7,9,15-16H,2-3,6H2,1H3,(H,14,17)(H,18,19). The summed E-state index contributed by atoms with van der Waals surface area (Å²) in [7, 11) is 0. The Kier molecular flexibility index (Phi) is 5.17. The summed E-state index contributed by atoms with van der Waals surface area (Å²) in [5.74, 6) is -2.83. The highest BCUT2D eigenvalue weighted by Gasteiger charge is 2.22. The van der Waals surface area contributed by atoms with Crippen molar-refractivity contribution in [3.05, 3.63) is 23.8 Å². The fraction of sp³-hybridized carbons (Fsp3) is 0.385. The number of para-hydroxylation sites is 1. The van der Waals surface area contributed by atoms with E-state index < -0.39 is 29.4 Å². The van der Waals surface area contributed by atoms with Gasteiger partial charge in [-0.3, -0.25) is 4.79 Å². The molecule has 6 heteroatoms. The second kappa shape index (κ2) is 6.63. The lowest BCUT2D eigenvalue weighted by atomic mass is 10.1. The van der Waals surface area contributed by atoms with Gasteiger partial charge in [-0.15, -0.1) is 0 Å². The van der Waals surface area contributed by atoms with Crippen molar-refractivity contribution >= 4 is 11.9 Å². The summed E-state index contributed by atoms with van der Waals surface area (Å²) in [4.78, 5) is 22.8. The minimum Gasteiger partial charge on any atom is -0.504 e. The number of benzene rings is 1. The molecule has 0 heterocycles. The number of nitrogens with one attached hydrogen (secondary N) is 1. The summed E-state index contributed by atoms with van der Waals surface area (Å²) < 4.78 is 0. The summed E-state index contributed by atoms with van der Waals surface area (Å²) in [6.45, 7) is 1.92. The van der Waals surface area contributed by atoms with Crippen LogP contribution in [0.25, 0.3) is 0 Å². The lowest BCUT2D eigenvalue weighted by molar-refractivity contribution is -0.139. The summed E-state index contributed by atoms with van der Waals surface area (Å²) in [5.41, 5.74) is -0.150. The molecular formula is C13H17NO5. The molecule has 0 spiro atoms. The molecule has 1 aromatic rings. The molecule has 1 amide bonds. The van der Waals surface area contributed by atoms with Crippen LogP contribution in [0, 0.1) is 0 Å². The Morgan fingerprint density at radius 3 is 2.58 bits per heavy atom. The molecule has 1 rings (SSSR count). The van der Waals surface area contributed by atoms with Crippen molar-refractivity contribution in [1.29, 1.82) is 0 Å². The van der Waals surface area contributed by atoms with E-state index in [1.165, 1.54) is 18.2 Å². The maximum atomic E-state index is 11.9. The van der Waals surface area contributed by atoms with Crippen molar-refractivity contribution in [3.8, 4) is 11.5 Å². The highest BCUT2D eigenvalue weighted by atomic mass is 16.4. The largest absolute Gasteiger partial charge is 0.504 e. The molecule has 0 bridgehead atoms. The van der Waals surface area contributed by atoms with E-state index in [-0.39, 0.29) is 5.56 Å². The average molecular weight is 267 g/mol. The number of hydrogen-bond donors (Lipinski definition) is 4. The molecule has 0 fully saturated rings. The van der Waals surface area contributed by atoms with E-state index in [1.807, 2.05) is 6.92 Å². The molecule has 1 unspecified atom stereocenters. The van der Waals surface area contributed by atoms with E-state index in [4.69, 9.17) is 5.11 Å². The van der Waals surface area contributed by atoms with Gasteiger partial charge < -0.3 is 20.6 Å². The summed E-state index contributed by atoms with van der Waals surface area (Å²) >= 11 is 0. The molecule has 0 radical (unpaired) electrons. The fourth-order valence-electron chi connectivity index (χ4n) is 1.62. The first kappa shape index (κ1) is 14.8. The van der Waals surface area contributed by atoms with Crippen molar-refractivity contribution in [1.82, 2.24) is 5.32 Å². The average Bonchev–Trinajstić information content (AvgIpc) is 2.37. The predicted molar refractivity (Wildman–Crippen MR) is 68.2 cm³/mol. The van der Waals surface area contributed by atoms with Crippen molar-refractivity contribution in [2.75, 3.05) is 0 Å². The zero-order valence-corrected chi connectivity index (χ0v) is 10.6. The maximum absolute atomic E-state index is 11.9. The number of carboxylic acids is 1. The Bertz CT molecular complexity index is 472. The molecule has 0 saturated heterocycles. The van der Waals surface area contributed by atoms with Crippen molar-refractivity contribution < 1.29 is 24.9 Å². The topological polar surface area (TPSA) is 107 Å². The molecule has 0 aliphatic carbocycles. The summed E-state index contributed by atoms with van der Waals surface area (Å²) in [6, 6.07) is 2.93. The SMILES string of the molecule is CCCCC(NC(=O)c1cccc(O)c1O)C(=O)O. The Balaban J connectivity index is 2.82. The van der Waals surface area contributed by atoms with Gasteiger partial charge in [0.2, 0.25) is 0 Å². The number of unbranched alkanes of at least 4 members (excludes halogenated alkanes) is 1. The number of carbonyl (C=O) groups is 2. The van der Waals surface area contributed by atoms with Crippen LogP contribution in [0.15, 0.2) is 18.2 Å². The third-order valence-electron chi connectivity index (χ3n) is 2.71. The molecule has 0 saturated carbocycles. The van der Waals surface area contributed by atoms with Crippen molar-refractivity contribution in [3.63, 3.8) is 0 Å². The van der Waals surface area contributed by atoms with Crippen molar-refractivity contribution in [2.45, 2.75) is 32.2 Å². The third-order valence-corrected chi connectivity index (χ3v) is 2.71. The van der Waals surface area contributed by atoms with Crippen LogP contribution in [0.4, 0.5) is 0 Å². The van der Waals surface area contributed by atoms with E-state index in [9.17, 15) is 19.8 Å². The second-order valence-electron chi connectivity index (χ2n) is 4.18. The Labute approximate surface area is 110 Å². The molecule has 104 valence electrons. The van der Waals surface area contributed by atoms with Gasteiger partial charge in [0.25, 0.3) is 5.91 Å². The summed E-state index contributed by atoms with van der Waals surface area (Å²) in [6.07, 6.45) is 1.80. The van der Waals surface area contributed by atoms with Gasteiger partial charge >= 0.3 is 5.97 Å². The number of phenols is 2. The minimum absolute atomic E-state index is 0.150. The number of carbonyl (C=O) groups excluding carboxylic acids is 1. The minimum atomic E-state index is -1.12. The van der Waals surface area contributed by atoms with Gasteiger partial charge in [-0.1, -0.05) is 25.8 Å². The number of aliphatic carboxylic acids is 1. The number of phenolic OH excluding ortho intramolecular Hbond substituents is 2. The summed E-state index contributed by atoms with van der Waals surface area (Å²) in [5, 5.41) is 30.1. The number of aromatic hydroxyl groups is 2. The van der Waals surface area contributed by atoms with Crippen molar-refractivity contribution in [2.24, 2.45) is 0 Å². The normalized spacial score (nSPS) is 11.8. The Morgan fingerprint density at radius 1 is 1.32 bits per heavy atom. The van der Waals surface area contributed by atoms with Crippen LogP contribution in [0.1, 0.15) is 36.5 Å². The zero-order valence-electron chi connectivity index (χ0n) is 10.6. The highest BCUT2D eigenvalue weighted by Crippen LogP contribution is 2.28. The molecular weight excluding hydrogens is 250 g/mol. The molecule has 0 aliphatic heterocycles. The third kappa shape index (κ3) is 3.87. The van der Waals surface area contributed by atoms with E-state index in [1.54, 1.807) is 0 Å². The molecule has 19 heavy (non-hydrogen) atoms. The van der Waals surface area contributed by atoms with Crippen LogP contribution in [0.2, 0.25) is 0 Å². The first-order valence-electron chi connectivity index (χ1n) is 6.02. The maximum Gasteiger partial charge on any atom is 0.326 e. The number of hydrogen-bond acceptors (Lipinski definition) is 4. The van der Waals surface area contributed by atoms with Gasteiger partial charge in [0, 0.05) is 0 Å². The van der Waals surface area contributed by atoms with Gasteiger partial charge in [-0.25, -0.2) is 4.79 Å². The lowest BCUT2D eigenvalue weighted by Gasteiger charge is -2.14. The number of amides is 1. The van der Waals surface area contributed by atoms with E-state index in [0.717, 1.165) is 6.42 Å². The molecule has 0 aliphatic rings. The van der Waals surface area contributed by atoms with Gasteiger partial charge in [-0.05, 0) is 18.6 Å². The monoisotopic (exact) mass is 267 g/mol. The molecule has 0 aromatic heterocycles. The number of carboxylic acid groups (broad SMARTS) is 1. The first-order chi connectivity index (χ1) is 8.97. The zero-order chi connectivity index (χ0) is 14.4. The Hall–Kier alpha value is -2.24. The lowest BCUT2D eigenvalue weighted by Crippen LogP contribution is -2.40. The molecule has 1 atom stereocenters. The first-order valence-corrected chi connectivity index (χ1v) is 6.02. The smallest absolute Gasteiger partial charge is 0.326 e. The highest BCUT2D eigenvalue weighted by molar-refractivity contribution is 5.99. The molecule has 6 nitrogen and oxygen atoms in total. The van der Waals surface area contributed by atoms with Crippen LogP contribution < -0.4 is 5.32 Å². The second-order valence-corrected chi connectivity index (χ2v) is 4.18. The van der Waals surface area contributed by atoms with E-state index in [2.05, 4.69) is 5.32 Å². The van der Waals surface area contributed by atoms with Gasteiger partial charge in [0.15, 0.2) is 11.5 Å². The van der Waals surface area contributed by atoms with E-state index >= 15 is 0 Å². The van der Waals surface area contributed by atoms with Gasteiger partial charge in [0.1, 0.15) is 6.04 Å². The number of rotatable bonds is 6. The van der Waals surface area contributed by atoms with Gasteiger partial charge in [0.05, 0.1) is 5.56 Å². The van der Waals surface area contributed by atoms with Crippen LogP contribution in [0.3, 0.4) is 0 Å². The van der Waals surface area contributed by atoms with Crippen LogP contribution in [0.5, 0.6) is 11.5 Å². The van der Waals surface area contributed by atoms with E-state index in [0.29, 0.717) is 12.8 Å². The van der Waals surface area contributed by atoms with Crippen LogP contribution in [-0.4, -0.2) is 33.2 Å². The predicted octanol–water partition coefficient (Wildman–Crippen LogP) is 1.47. The van der Waals surface area contributed by atoms with Crippen LogP contribution in [-0.2, 0) is 4.79 Å².